The van der Waals surface area contributed by atoms with Crippen LogP contribution in [0.4, 0.5) is 0 Å². The summed E-state index contributed by atoms with van der Waals surface area (Å²) in [6.45, 7) is 1.89. The van der Waals surface area contributed by atoms with Gasteiger partial charge in [-0.3, -0.25) is 14.2 Å². The number of aromatic nitrogens is 2. The predicted octanol–water partition coefficient (Wildman–Crippen LogP) is 4.22. The van der Waals surface area contributed by atoms with E-state index in [4.69, 9.17) is 0 Å². The molecule has 3 aromatic carbocycles. The second-order valence-corrected chi connectivity index (χ2v) is 6.70. The number of hydrogen-bond acceptors (Lipinski definition) is 2. The average molecular weight is 352 g/mol. The largest absolute Gasteiger partial charge is 0.333 e. The number of aromatic amines is 1. The van der Waals surface area contributed by atoms with Crippen molar-refractivity contribution >= 4 is 16.3 Å². The lowest BCUT2D eigenvalue weighted by Crippen LogP contribution is -2.26. The van der Waals surface area contributed by atoms with Crippen molar-refractivity contribution in [3.8, 4) is 22.4 Å². The second-order valence-electron chi connectivity index (χ2n) is 6.70. The molecule has 0 fully saturated rings. The van der Waals surface area contributed by atoms with Gasteiger partial charge >= 0.3 is 5.69 Å². The molecule has 0 aliphatic carbocycles. The van der Waals surface area contributed by atoms with E-state index in [1.54, 1.807) is 4.40 Å². The van der Waals surface area contributed by atoms with Crippen LogP contribution in [0, 0.1) is 6.92 Å². The first kappa shape index (κ1) is 15.6. The number of H-pyrrole nitrogens is 1. The molecule has 0 radical (unpaired) electrons. The Balaban J connectivity index is 2.12. The maximum atomic E-state index is 12.9. The quantitative estimate of drug-likeness (QED) is 0.517. The Morgan fingerprint density at radius 1 is 0.778 bits per heavy atom. The van der Waals surface area contributed by atoms with E-state index >= 15 is 0 Å². The average Bonchev–Trinajstić information content (AvgIpc) is 3.04. The van der Waals surface area contributed by atoms with Gasteiger partial charge in [0.25, 0.3) is 5.56 Å². The third-order valence-electron chi connectivity index (χ3n) is 5.10. The Hall–Kier alpha value is -3.66. The number of hydrogen-bond donors (Lipinski definition) is 1. The van der Waals surface area contributed by atoms with Gasteiger partial charge in [0.2, 0.25) is 0 Å². The number of aryl methyl sites for hydroxylation is 1. The van der Waals surface area contributed by atoms with Crippen molar-refractivity contribution in [3.63, 3.8) is 0 Å². The predicted molar refractivity (Wildman–Crippen MR) is 109 cm³/mol. The van der Waals surface area contributed by atoms with Crippen molar-refractivity contribution in [3.05, 3.63) is 99.2 Å². The van der Waals surface area contributed by atoms with Crippen molar-refractivity contribution in [2.45, 2.75) is 6.92 Å². The molecule has 4 heteroatoms. The fourth-order valence-corrected chi connectivity index (χ4v) is 3.95. The van der Waals surface area contributed by atoms with Crippen LogP contribution in [0.25, 0.3) is 38.7 Å². The van der Waals surface area contributed by atoms with Gasteiger partial charge in [-0.05, 0) is 23.6 Å². The van der Waals surface area contributed by atoms with Crippen LogP contribution in [0.3, 0.4) is 0 Å². The number of nitrogens with zero attached hydrogens (tertiary/aromatic N) is 1. The maximum Gasteiger partial charge on any atom is 0.333 e. The molecule has 130 valence electrons. The SMILES string of the molecule is Cc1ccc2c(-c3ccccc3)c(-c3ccccc3)n3c(=O)[nH]c(=O)c1c23. The minimum absolute atomic E-state index is 0.340. The van der Waals surface area contributed by atoms with Crippen LogP contribution in [-0.4, -0.2) is 9.38 Å². The minimum atomic E-state index is -0.413. The zero-order chi connectivity index (χ0) is 18.5. The molecule has 0 saturated carbocycles. The molecule has 0 saturated heterocycles. The van der Waals surface area contributed by atoms with Gasteiger partial charge in [0, 0.05) is 10.9 Å². The van der Waals surface area contributed by atoms with Crippen LogP contribution in [0.5, 0.6) is 0 Å². The van der Waals surface area contributed by atoms with Gasteiger partial charge in [0.15, 0.2) is 0 Å². The summed E-state index contributed by atoms with van der Waals surface area (Å²) in [6, 6.07) is 23.8. The molecule has 0 aliphatic rings. The Labute approximate surface area is 154 Å². The summed E-state index contributed by atoms with van der Waals surface area (Å²) >= 11 is 0. The summed E-state index contributed by atoms with van der Waals surface area (Å²) < 4.78 is 1.65. The summed E-state index contributed by atoms with van der Waals surface area (Å²) in [5.41, 5.74) is 4.48. The van der Waals surface area contributed by atoms with E-state index in [-0.39, 0.29) is 5.56 Å². The lowest BCUT2D eigenvalue weighted by molar-refractivity contribution is 1.00. The molecule has 2 heterocycles. The van der Waals surface area contributed by atoms with Gasteiger partial charge in [-0.25, -0.2) is 4.79 Å². The van der Waals surface area contributed by atoms with Crippen LogP contribution < -0.4 is 11.2 Å². The number of nitrogens with one attached hydrogen (secondary N) is 1. The Morgan fingerprint density at radius 3 is 2.07 bits per heavy atom. The zero-order valence-electron chi connectivity index (χ0n) is 14.7. The molecule has 27 heavy (non-hydrogen) atoms. The molecule has 0 amide bonds. The fraction of sp³-hybridized carbons (Fsp3) is 0.0435. The van der Waals surface area contributed by atoms with Crippen molar-refractivity contribution in [1.82, 2.24) is 9.38 Å². The normalized spacial score (nSPS) is 11.4. The third kappa shape index (κ3) is 2.16. The van der Waals surface area contributed by atoms with Gasteiger partial charge in [-0.2, -0.15) is 0 Å². The highest BCUT2D eigenvalue weighted by atomic mass is 16.2. The van der Waals surface area contributed by atoms with E-state index in [0.29, 0.717) is 10.9 Å². The van der Waals surface area contributed by atoms with E-state index in [2.05, 4.69) is 4.98 Å². The topological polar surface area (TPSA) is 54.3 Å². The molecule has 2 aromatic heterocycles. The van der Waals surface area contributed by atoms with Crippen molar-refractivity contribution in [2.75, 3.05) is 0 Å². The first-order chi connectivity index (χ1) is 13.2. The Bertz CT molecular complexity index is 1400. The number of benzene rings is 3. The van der Waals surface area contributed by atoms with E-state index in [1.807, 2.05) is 79.7 Å². The van der Waals surface area contributed by atoms with E-state index < -0.39 is 5.69 Å². The lowest BCUT2D eigenvalue weighted by Gasteiger charge is -2.07. The number of rotatable bonds is 2. The molecule has 4 nitrogen and oxygen atoms in total. The van der Waals surface area contributed by atoms with E-state index in [1.165, 1.54) is 0 Å². The van der Waals surface area contributed by atoms with Gasteiger partial charge in [-0.15, -0.1) is 0 Å². The fourth-order valence-electron chi connectivity index (χ4n) is 3.95. The van der Waals surface area contributed by atoms with Gasteiger partial charge < -0.3 is 0 Å². The summed E-state index contributed by atoms with van der Waals surface area (Å²) in [5, 5.41) is 1.47. The maximum absolute atomic E-state index is 12.9. The van der Waals surface area contributed by atoms with Crippen LogP contribution in [0.15, 0.2) is 82.4 Å². The highest BCUT2D eigenvalue weighted by Crippen LogP contribution is 2.40. The summed E-state index contributed by atoms with van der Waals surface area (Å²) in [7, 11) is 0. The van der Waals surface area contributed by atoms with Crippen LogP contribution in [0.2, 0.25) is 0 Å². The molecular formula is C23H16N2O2. The van der Waals surface area contributed by atoms with E-state index in [9.17, 15) is 9.59 Å². The van der Waals surface area contributed by atoms with Gasteiger partial charge in [0.1, 0.15) is 0 Å². The van der Waals surface area contributed by atoms with Crippen molar-refractivity contribution in [2.24, 2.45) is 0 Å². The van der Waals surface area contributed by atoms with Crippen LogP contribution >= 0.6 is 0 Å². The zero-order valence-corrected chi connectivity index (χ0v) is 14.7. The molecule has 0 spiro atoms. The van der Waals surface area contributed by atoms with Crippen LogP contribution in [0.1, 0.15) is 5.56 Å². The molecule has 5 rings (SSSR count). The lowest BCUT2D eigenvalue weighted by atomic mass is 9.97. The summed E-state index contributed by atoms with van der Waals surface area (Å²) in [6.07, 6.45) is 0. The second kappa shape index (κ2) is 5.68. The highest BCUT2D eigenvalue weighted by molar-refractivity contribution is 6.11. The molecule has 0 atom stereocenters. The smallest absolute Gasteiger partial charge is 0.273 e. The molecule has 0 unspecified atom stereocenters. The monoisotopic (exact) mass is 352 g/mol. The van der Waals surface area contributed by atoms with Crippen molar-refractivity contribution in [1.29, 1.82) is 0 Å². The van der Waals surface area contributed by atoms with Crippen LogP contribution in [-0.2, 0) is 0 Å². The van der Waals surface area contributed by atoms with Crippen molar-refractivity contribution < 1.29 is 0 Å². The standard InChI is InChI=1S/C23H16N2O2/c1-14-12-13-17-19(15-8-4-2-5-9-15)20(16-10-6-3-7-11-16)25-21(17)18(14)22(26)24-23(25)27/h2-13H,1H3,(H,24,26,27). The molecule has 0 bridgehead atoms. The molecule has 5 aromatic rings. The minimum Gasteiger partial charge on any atom is -0.273 e. The molecule has 0 aliphatic heterocycles. The Kier molecular flexibility index (Phi) is 3.28. The van der Waals surface area contributed by atoms with E-state index in [0.717, 1.165) is 33.3 Å². The Morgan fingerprint density at radius 2 is 1.41 bits per heavy atom. The third-order valence-corrected chi connectivity index (χ3v) is 5.10. The summed E-state index contributed by atoms with van der Waals surface area (Å²) in [5.74, 6) is 0. The highest BCUT2D eigenvalue weighted by Gasteiger charge is 2.23. The first-order valence-corrected chi connectivity index (χ1v) is 8.81. The first-order valence-electron chi connectivity index (χ1n) is 8.81. The molecule has 1 N–H and O–H groups in total. The van der Waals surface area contributed by atoms with Gasteiger partial charge in [0.05, 0.1) is 16.6 Å². The molecular weight excluding hydrogens is 336 g/mol. The van der Waals surface area contributed by atoms with Gasteiger partial charge in [-0.1, -0.05) is 72.8 Å². The summed E-state index contributed by atoms with van der Waals surface area (Å²) in [4.78, 5) is 27.9.